The average molecular weight is 274 g/mol. The molecule has 1 unspecified atom stereocenters. The third-order valence-corrected chi connectivity index (χ3v) is 4.15. The monoisotopic (exact) mass is 273 g/mol. The van der Waals surface area contributed by atoms with Crippen molar-refractivity contribution in [1.82, 2.24) is 4.90 Å². The predicted octanol–water partition coefficient (Wildman–Crippen LogP) is 2.55. The Morgan fingerprint density at radius 3 is 2.82 bits per heavy atom. The van der Waals surface area contributed by atoms with Gasteiger partial charge in [-0.2, -0.15) is 0 Å². The summed E-state index contributed by atoms with van der Waals surface area (Å²) < 4.78 is 5.96. The zero-order valence-corrected chi connectivity index (χ0v) is 11.4. The molecule has 3 nitrogen and oxygen atoms in total. The van der Waals surface area contributed by atoms with Gasteiger partial charge in [-0.3, -0.25) is 9.69 Å². The summed E-state index contributed by atoms with van der Waals surface area (Å²) in [6, 6.07) is 3.59. The summed E-state index contributed by atoms with van der Waals surface area (Å²) in [5.41, 5.74) is 0. The first kappa shape index (κ1) is 13.0. The molecule has 2 heterocycles. The van der Waals surface area contributed by atoms with Gasteiger partial charge >= 0.3 is 0 Å². The molecule has 17 heavy (non-hydrogen) atoms. The number of thiophene rings is 1. The van der Waals surface area contributed by atoms with Crippen LogP contribution in [0.4, 0.5) is 0 Å². The second-order valence-electron chi connectivity index (χ2n) is 4.28. The van der Waals surface area contributed by atoms with E-state index in [9.17, 15) is 4.79 Å². The standard InChI is InChI=1S/C12H16ClNO2S/c1-9(8-14-4-6-16-7-5-14)12(15)10-2-3-11(13)17-10/h2-3,9H,4-8H2,1H3. The number of nitrogens with zero attached hydrogens (tertiary/aromatic N) is 1. The molecule has 1 aliphatic heterocycles. The second kappa shape index (κ2) is 5.96. The molecular weight excluding hydrogens is 258 g/mol. The van der Waals surface area contributed by atoms with Crippen molar-refractivity contribution in [2.45, 2.75) is 6.92 Å². The molecule has 2 rings (SSSR count). The molecule has 1 fully saturated rings. The Labute approximate surface area is 110 Å². The van der Waals surface area contributed by atoms with Crippen LogP contribution in [0.2, 0.25) is 4.34 Å². The van der Waals surface area contributed by atoms with Gasteiger partial charge in [0, 0.05) is 25.6 Å². The van der Waals surface area contributed by atoms with Crippen molar-refractivity contribution in [2.24, 2.45) is 5.92 Å². The van der Waals surface area contributed by atoms with Crippen LogP contribution in [0.3, 0.4) is 0 Å². The molecular formula is C12H16ClNO2S. The Balaban J connectivity index is 1.90. The van der Waals surface area contributed by atoms with Gasteiger partial charge in [0.1, 0.15) is 0 Å². The number of halogens is 1. The molecule has 1 atom stereocenters. The van der Waals surface area contributed by atoms with E-state index in [0.29, 0.717) is 4.34 Å². The Morgan fingerprint density at radius 2 is 2.24 bits per heavy atom. The summed E-state index contributed by atoms with van der Waals surface area (Å²) >= 11 is 7.20. The summed E-state index contributed by atoms with van der Waals surface area (Å²) in [4.78, 5) is 15.2. The number of carbonyl (C=O) groups is 1. The molecule has 5 heteroatoms. The van der Waals surface area contributed by atoms with Crippen molar-refractivity contribution in [2.75, 3.05) is 32.8 Å². The molecule has 0 N–H and O–H groups in total. The number of ether oxygens (including phenoxy) is 1. The van der Waals surface area contributed by atoms with Gasteiger partial charge in [0.2, 0.25) is 0 Å². The van der Waals surface area contributed by atoms with Crippen LogP contribution in [0.25, 0.3) is 0 Å². The van der Waals surface area contributed by atoms with E-state index in [1.54, 1.807) is 6.07 Å². The summed E-state index contributed by atoms with van der Waals surface area (Å²) in [7, 11) is 0. The van der Waals surface area contributed by atoms with Gasteiger partial charge < -0.3 is 4.74 Å². The van der Waals surface area contributed by atoms with Crippen molar-refractivity contribution in [3.05, 3.63) is 21.3 Å². The van der Waals surface area contributed by atoms with Gasteiger partial charge in [-0.1, -0.05) is 18.5 Å². The number of hydrogen-bond donors (Lipinski definition) is 0. The maximum atomic E-state index is 12.1. The van der Waals surface area contributed by atoms with E-state index in [0.717, 1.165) is 37.7 Å². The molecule has 1 aromatic heterocycles. The number of rotatable bonds is 4. The quantitative estimate of drug-likeness (QED) is 0.790. The van der Waals surface area contributed by atoms with Crippen LogP contribution in [0.1, 0.15) is 16.6 Å². The third kappa shape index (κ3) is 3.52. The molecule has 94 valence electrons. The number of carbonyl (C=O) groups excluding carboxylic acids is 1. The van der Waals surface area contributed by atoms with Crippen molar-refractivity contribution in [1.29, 1.82) is 0 Å². The normalized spacial score (nSPS) is 19.2. The fraction of sp³-hybridized carbons (Fsp3) is 0.583. The smallest absolute Gasteiger partial charge is 0.176 e. The molecule has 0 saturated carbocycles. The molecule has 0 amide bonds. The van der Waals surface area contributed by atoms with Gasteiger partial charge in [-0.15, -0.1) is 11.3 Å². The Kier molecular flexibility index (Phi) is 4.56. The van der Waals surface area contributed by atoms with Crippen LogP contribution in [0.5, 0.6) is 0 Å². The number of Topliss-reactive ketones (excluding diaryl/α,β-unsaturated/α-hetero) is 1. The predicted molar refractivity (Wildman–Crippen MR) is 70.1 cm³/mol. The summed E-state index contributed by atoms with van der Waals surface area (Å²) in [6.45, 7) is 6.16. The van der Waals surface area contributed by atoms with Gasteiger partial charge in [0.05, 0.1) is 22.4 Å². The number of morpholine rings is 1. The number of hydrogen-bond acceptors (Lipinski definition) is 4. The van der Waals surface area contributed by atoms with Crippen LogP contribution in [-0.2, 0) is 4.74 Å². The number of ketones is 1. The first-order valence-electron chi connectivity index (χ1n) is 5.76. The van der Waals surface area contributed by atoms with Crippen LogP contribution < -0.4 is 0 Å². The highest BCUT2D eigenvalue weighted by Crippen LogP contribution is 2.24. The molecule has 1 saturated heterocycles. The zero-order valence-electron chi connectivity index (χ0n) is 9.82. The Bertz CT molecular complexity index is 388. The fourth-order valence-corrected chi connectivity index (χ4v) is 3.04. The zero-order chi connectivity index (χ0) is 12.3. The Hall–Kier alpha value is -0.420. The Morgan fingerprint density at radius 1 is 1.53 bits per heavy atom. The minimum Gasteiger partial charge on any atom is -0.379 e. The van der Waals surface area contributed by atoms with Gasteiger partial charge in [0.25, 0.3) is 0 Å². The SMILES string of the molecule is CC(CN1CCOCC1)C(=O)c1ccc(Cl)s1. The van der Waals surface area contributed by atoms with Gasteiger partial charge in [-0.05, 0) is 12.1 Å². The van der Waals surface area contributed by atoms with Crippen LogP contribution in [0, 0.1) is 5.92 Å². The van der Waals surface area contributed by atoms with E-state index in [1.807, 2.05) is 13.0 Å². The molecule has 0 spiro atoms. The highest BCUT2D eigenvalue weighted by molar-refractivity contribution is 7.18. The van der Waals surface area contributed by atoms with Crippen LogP contribution in [-0.4, -0.2) is 43.5 Å². The molecule has 1 aliphatic rings. The van der Waals surface area contributed by atoms with E-state index in [2.05, 4.69) is 4.90 Å². The van der Waals surface area contributed by atoms with E-state index in [-0.39, 0.29) is 11.7 Å². The molecule has 0 bridgehead atoms. The summed E-state index contributed by atoms with van der Waals surface area (Å²) in [6.07, 6.45) is 0. The summed E-state index contributed by atoms with van der Waals surface area (Å²) in [5.74, 6) is 0.205. The highest BCUT2D eigenvalue weighted by Gasteiger charge is 2.21. The third-order valence-electron chi connectivity index (χ3n) is 2.90. The van der Waals surface area contributed by atoms with Crippen molar-refractivity contribution in [3.8, 4) is 0 Å². The van der Waals surface area contributed by atoms with Crippen molar-refractivity contribution in [3.63, 3.8) is 0 Å². The fourth-order valence-electron chi connectivity index (χ4n) is 1.94. The topological polar surface area (TPSA) is 29.5 Å². The van der Waals surface area contributed by atoms with Crippen LogP contribution in [0.15, 0.2) is 12.1 Å². The van der Waals surface area contributed by atoms with Gasteiger partial charge in [-0.25, -0.2) is 0 Å². The lowest BCUT2D eigenvalue weighted by Gasteiger charge is -2.28. The van der Waals surface area contributed by atoms with Crippen molar-refractivity contribution >= 4 is 28.7 Å². The van der Waals surface area contributed by atoms with Crippen molar-refractivity contribution < 1.29 is 9.53 Å². The average Bonchev–Trinajstić information content (AvgIpc) is 2.76. The van der Waals surface area contributed by atoms with E-state index in [1.165, 1.54) is 11.3 Å². The lowest BCUT2D eigenvalue weighted by atomic mass is 10.0. The second-order valence-corrected chi connectivity index (χ2v) is 6.00. The lowest BCUT2D eigenvalue weighted by Crippen LogP contribution is -2.40. The maximum Gasteiger partial charge on any atom is 0.176 e. The largest absolute Gasteiger partial charge is 0.379 e. The van der Waals surface area contributed by atoms with E-state index in [4.69, 9.17) is 16.3 Å². The van der Waals surface area contributed by atoms with Gasteiger partial charge in [0.15, 0.2) is 5.78 Å². The minimum absolute atomic E-state index is 0.0165. The molecule has 0 aliphatic carbocycles. The first-order valence-corrected chi connectivity index (χ1v) is 6.96. The van der Waals surface area contributed by atoms with E-state index >= 15 is 0 Å². The first-order chi connectivity index (χ1) is 8.16. The lowest BCUT2D eigenvalue weighted by molar-refractivity contribution is 0.0313. The van der Waals surface area contributed by atoms with Crippen LogP contribution >= 0.6 is 22.9 Å². The molecule has 0 aromatic carbocycles. The minimum atomic E-state index is 0.0165. The maximum absolute atomic E-state index is 12.1. The molecule has 0 radical (unpaired) electrons. The highest BCUT2D eigenvalue weighted by atomic mass is 35.5. The summed E-state index contributed by atoms with van der Waals surface area (Å²) in [5, 5.41) is 0. The van der Waals surface area contributed by atoms with E-state index < -0.39 is 0 Å². The molecule has 1 aromatic rings.